The topological polar surface area (TPSA) is 269 Å². The second-order valence-corrected chi connectivity index (χ2v) is 13.1. The van der Waals surface area contributed by atoms with Crippen LogP contribution in [0.1, 0.15) is 11.1 Å². The van der Waals surface area contributed by atoms with E-state index in [1.807, 2.05) is 0 Å². The van der Waals surface area contributed by atoms with Crippen LogP contribution in [0.5, 0.6) is 35.5 Å². The maximum absolute atomic E-state index is 12.4. The first-order chi connectivity index (χ1) is 24.8. The molecule has 20 heteroatoms. The molecule has 2 aromatic heterocycles. The van der Waals surface area contributed by atoms with Crippen LogP contribution in [0.3, 0.4) is 0 Å². The van der Waals surface area contributed by atoms with E-state index in [2.05, 4.69) is 40.5 Å². The van der Waals surface area contributed by atoms with Crippen LogP contribution in [-0.2, 0) is 20.2 Å². The minimum Gasteiger partial charge on any atom is -0.479 e. The standard InChI is InChI=1S/C32H24N8O10S2/c41-29-35-27(37-31(39-29)49-23-7-3-1-4-8-23)33-21-15-13-19(25(17-21)51(43,44)45)11-12-20-14-16-22(18-26(20)52(46,47)48)34-28-36-30(42)40-32(38-28)50-24-9-5-2-6-10-24/h1-18H,(H,43,44,45)(H,46,47,48)(H2,33,35,37,39,41)(H2,34,36,38,40,42). The smallest absolute Gasteiger partial charge is 0.330 e. The normalized spacial score (nSPS) is 11.7. The van der Waals surface area contributed by atoms with Crippen LogP contribution in [0.15, 0.2) is 107 Å². The number of aromatic hydroxyl groups is 2. The number of anilines is 4. The van der Waals surface area contributed by atoms with Crippen LogP contribution in [0, 0.1) is 0 Å². The number of rotatable bonds is 12. The second-order valence-electron chi connectivity index (χ2n) is 10.4. The minimum atomic E-state index is -4.86. The molecule has 2 heterocycles. The molecule has 0 aliphatic carbocycles. The van der Waals surface area contributed by atoms with Crippen LogP contribution >= 0.6 is 0 Å². The molecule has 0 radical (unpaired) electrons. The van der Waals surface area contributed by atoms with E-state index in [-0.39, 0.29) is 46.4 Å². The van der Waals surface area contributed by atoms with E-state index in [9.17, 15) is 36.2 Å². The summed E-state index contributed by atoms with van der Waals surface area (Å²) in [5, 5.41) is 25.4. The van der Waals surface area contributed by atoms with Crippen molar-refractivity contribution in [2.45, 2.75) is 9.79 Å². The quantitative estimate of drug-likeness (QED) is 0.0694. The lowest BCUT2D eigenvalue weighted by molar-refractivity contribution is 0.390. The molecule has 264 valence electrons. The van der Waals surface area contributed by atoms with E-state index >= 15 is 0 Å². The van der Waals surface area contributed by atoms with Crippen LogP contribution in [0.25, 0.3) is 12.2 Å². The largest absolute Gasteiger partial charge is 0.479 e. The summed E-state index contributed by atoms with van der Waals surface area (Å²) in [7, 11) is -9.72. The van der Waals surface area contributed by atoms with Gasteiger partial charge in [-0.2, -0.15) is 36.8 Å². The average Bonchev–Trinajstić information content (AvgIpc) is 3.07. The van der Waals surface area contributed by atoms with Crippen LogP contribution in [-0.4, -0.2) is 66.1 Å². The molecule has 0 saturated heterocycles. The Balaban J connectivity index is 1.25. The molecule has 0 bridgehead atoms. The molecule has 0 saturated carbocycles. The summed E-state index contributed by atoms with van der Waals surface area (Å²) in [6.45, 7) is 0. The number of para-hydroxylation sites is 2. The lowest BCUT2D eigenvalue weighted by Crippen LogP contribution is -2.05. The van der Waals surface area contributed by atoms with E-state index < -0.39 is 42.0 Å². The van der Waals surface area contributed by atoms with Gasteiger partial charge in [0, 0.05) is 11.4 Å². The molecule has 6 aromatic rings. The summed E-state index contributed by atoms with van der Waals surface area (Å²) in [4.78, 5) is 21.8. The first kappa shape index (κ1) is 35.1. The lowest BCUT2D eigenvalue weighted by atomic mass is 10.1. The van der Waals surface area contributed by atoms with Crippen molar-refractivity contribution in [3.63, 3.8) is 0 Å². The van der Waals surface area contributed by atoms with Crippen LogP contribution in [0.4, 0.5) is 23.3 Å². The van der Waals surface area contributed by atoms with Crippen molar-refractivity contribution in [1.29, 1.82) is 0 Å². The van der Waals surface area contributed by atoms with E-state index in [0.29, 0.717) is 11.5 Å². The predicted molar refractivity (Wildman–Crippen MR) is 184 cm³/mol. The zero-order valence-corrected chi connectivity index (χ0v) is 27.8. The summed E-state index contributed by atoms with van der Waals surface area (Å²) >= 11 is 0. The number of ether oxygens (including phenoxy) is 2. The number of aromatic nitrogens is 6. The summed E-state index contributed by atoms with van der Waals surface area (Å²) in [6.07, 6.45) is 2.39. The van der Waals surface area contributed by atoms with Crippen LogP contribution in [0.2, 0.25) is 0 Å². The molecule has 0 aliphatic heterocycles. The van der Waals surface area contributed by atoms with Gasteiger partial charge in [0.05, 0.1) is 0 Å². The van der Waals surface area contributed by atoms with Gasteiger partial charge in [-0.3, -0.25) is 9.11 Å². The zero-order chi connectivity index (χ0) is 36.9. The van der Waals surface area contributed by atoms with Crippen molar-refractivity contribution in [1.82, 2.24) is 29.9 Å². The maximum atomic E-state index is 12.4. The third-order valence-electron chi connectivity index (χ3n) is 6.65. The fourth-order valence-corrected chi connectivity index (χ4v) is 5.89. The highest BCUT2D eigenvalue weighted by Crippen LogP contribution is 2.29. The van der Waals surface area contributed by atoms with E-state index in [1.165, 1.54) is 36.4 Å². The Morgan fingerprint density at radius 3 is 1.27 bits per heavy atom. The van der Waals surface area contributed by atoms with Crippen molar-refractivity contribution in [2.75, 3.05) is 10.6 Å². The highest BCUT2D eigenvalue weighted by atomic mass is 32.2. The molecule has 0 unspecified atom stereocenters. The molecule has 6 N–H and O–H groups in total. The summed E-state index contributed by atoms with van der Waals surface area (Å²) in [6, 6.07) is 22.4. The Morgan fingerprint density at radius 1 is 0.519 bits per heavy atom. The van der Waals surface area contributed by atoms with Crippen molar-refractivity contribution in [2.24, 2.45) is 0 Å². The van der Waals surface area contributed by atoms with Gasteiger partial charge in [-0.25, -0.2) is 0 Å². The van der Waals surface area contributed by atoms with E-state index in [0.717, 1.165) is 12.1 Å². The number of nitrogens with one attached hydrogen (secondary N) is 2. The van der Waals surface area contributed by atoms with Gasteiger partial charge < -0.3 is 30.3 Å². The van der Waals surface area contributed by atoms with E-state index in [4.69, 9.17) is 9.47 Å². The molecule has 4 aromatic carbocycles. The summed E-state index contributed by atoms with van der Waals surface area (Å²) in [5.41, 5.74) is -0.0157. The molecule has 0 fully saturated rings. The van der Waals surface area contributed by atoms with Gasteiger partial charge in [0.25, 0.3) is 20.2 Å². The van der Waals surface area contributed by atoms with Gasteiger partial charge in [0.2, 0.25) is 11.9 Å². The zero-order valence-electron chi connectivity index (χ0n) is 26.1. The Labute approximate surface area is 294 Å². The van der Waals surface area contributed by atoms with Gasteiger partial charge in [0.1, 0.15) is 21.3 Å². The molecular weight excluding hydrogens is 721 g/mol. The monoisotopic (exact) mass is 744 g/mol. The van der Waals surface area contributed by atoms with Crippen molar-refractivity contribution < 1.29 is 45.6 Å². The second kappa shape index (κ2) is 14.6. The van der Waals surface area contributed by atoms with Gasteiger partial charge in [-0.1, -0.05) is 60.7 Å². The fourth-order valence-electron chi connectivity index (χ4n) is 4.47. The Hall–Kier alpha value is -6.74. The Bertz CT molecular complexity index is 2330. The molecule has 0 atom stereocenters. The summed E-state index contributed by atoms with van der Waals surface area (Å²) in [5.74, 6) is 0.306. The SMILES string of the molecule is O=S(=O)(O)c1cc(Nc2nc(O)nc(Oc3ccccc3)n2)ccc1C=Cc1ccc(Nc2nc(O)nc(Oc3ccccc3)n2)cc1S(=O)(=O)O. The number of benzene rings is 4. The average molecular weight is 745 g/mol. The van der Waals surface area contributed by atoms with Crippen molar-refractivity contribution in [3.8, 4) is 35.5 Å². The minimum absolute atomic E-state index is 0.0665. The first-order valence-corrected chi connectivity index (χ1v) is 17.5. The van der Waals surface area contributed by atoms with E-state index in [1.54, 1.807) is 60.7 Å². The molecule has 6 rings (SSSR count). The third-order valence-corrected chi connectivity index (χ3v) is 8.47. The third kappa shape index (κ3) is 9.08. The maximum Gasteiger partial charge on any atom is 0.330 e. The summed E-state index contributed by atoms with van der Waals surface area (Å²) < 4.78 is 80.6. The fraction of sp³-hybridized carbons (Fsp3) is 0. The highest BCUT2D eigenvalue weighted by molar-refractivity contribution is 7.86. The van der Waals surface area contributed by atoms with Gasteiger partial charge in [-0.05, 0) is 59.7 Å². The first-order valence-electron chi connectivity index (χ1n) is 14.6. The number of hydrogen-bond donors (Lipinski definition) is 6. The molecule has 52 heavy (non-hydrogen) atoms. The molecule has 0 aliphatic rings. The molecule has 0 spiro atoms. The molecule has 0 amide bonds. The Morgan fingerprint density at radius 2 is 0.904 bits per heavy atom. The number of nitrogens with zero attached hydrogens (tertiary/aromatic N) is 6. The predicted octanol–water partition coefficient (Wildman–Crippen LogP) is 5.20. The highest BCUT2D eigenvalue weighted by Gasteiger charge is 2.19. The molecular formula is C32H24N8O10S2. The van der Waals surface area contributed by atoms with Gasteiger partial charge in [0.15, 0.2) is 0 Å². The van der Waals surface area contributed by atoms with Gasteiger partial charge >= 0.3 is 24.0 Å². The van der Waals surface area contributed by atoms with Crippen LogP contribution < -0.4 is 20.1 Å². The number of hydrogen-bond acceptors (Lipinski definition) is 16. The van der Waals surface area contributed by atoms with Crippen molar-refractivity contribution >= 4 is 55.7 Å². The van der Waals surface area contributed by atoms with Gasteiger partial charge in [-0.15, -0.1) is 9.97 Å². The Kier molecular flexibility index (Phi) is 9.87. The molecule has 18 nitrogen and oxygen atoms in total. The lowest BCUT2D eigenvalue weighted by Gasteiger charge is -2.11. The van der Waals surface area contributed by atoms with Crippen molar-refractivity contribution in [3.05, 3.63) is 108 Å².